The van der Waals surface area contributed by atoms with Crippen LogP contribution >= 0.6 is 0 Å². The lowest BCUT2D eigenvalue weighted by molar-refractivity contribution is 0.0657. The van der Waals surface area contributed by atoms with Gasteiger partial charge in [-0.2, -0.15) is 5.10 Å². The molecule has 0 bridgehead atoms. The average molecular weight is 390 g/mol. The lowest BCUT2D eigenvalue weighted by Crippen LogP contribution is -2.23. The van der Waals surface area contributed by atoms with Crippen LogP contribution in [0.5, 0.6) is 0 Å². The molecule has 2 N–H and O–H groups in total. The summed E-state index contributed by atoms with van der Waals surface area (Å²) in [5.41, 5.74) is 3.14. The fourth-order valence-electron chi connectivity index (χ4n) is 3.21. The molecule has 0 spiro atoms. The molecule has 2 heterocycles. The standard InChI is InChI=1S/C22H22N4O3/c1-14(2)29-13-16-7-5-6-15(10-16)11-23-21(27)18-12-24-26-19-9-4-3-8-17(19)22(28)25-20(18)26/h3-10,12,14H,11,13H2,1-2H3,(H,23,27)(H,25,28). The van der Waals surface area contributed by atoms with Crippen LogP contribution in [0.15, 0.2) is 59.5 Å². The molecule has 2 aromatic heterocycles. The summed E-state index contributed by atoms with van der Waals surface area (Å²) >= 11 is 0. The zero-order valence-corrected chi connectivity index (χ0v) is 16.3. The highest BCUT2D eigenvalue weighted by molar-refractivity contribution is 6.00. The van der Waals surface area contributed by atoms with Gasteiger partial charge in [0.1, 0.15) is 11.2 Å². The van der Waals surface area contributed by atoms with Crippen molar-refractivity contribution in [3.63, 3.8) is 0 Å². The Morgan fingerprint density at radius 1 is 1.17 bits per heavy atom. The van der Waals surface area contributed by atoms with Gasteiger partial charge in [-0.1, -0.05) is 36.4 Å². The first-order valence-electron chi connectivity index (χ1n) is 9.49. The van der Waals surface area contributed by atoms with E-state index in [9.17, 15) is 9.59 Å². The molecule has 0 saturated heterocycles. The molecule has 1 amide bonds. The maximum atomic E-state index is 12.7. The van der Waals surface area contributed by atoms with Gasteiger partial charge in [0.2, 0.25) is 0 Å². The predicted molar refractivity (Wildman–Crippen MR) is 111 cm³/mol. The number of carbonyl (C=O) groups is 1. The van der Waals surface area contributed by atoms with E-state index >= 15 is 0 Å². The molecule has 0 saturated carbocycles. The second kappa shape index (κ2) is 7.89. The first kappa shape index (κ1) is 18.9. The van der Waals surface area contributed by atoms with Crippen molar-refractivity contribution in [3.05, 3.63) is 81.8 Å². The first-order chi connectivity index (χ1) is 14.0. The van der Waals surface area contributed by atoms with Crippen molar-refractivity contribution in [1.29, 1.82) is 0 Å². The molecule has 0 fully saturated rings. The smallest absolute Gasteiger partial charge is 0.259 e. The van der Waals surface area contributed by atoms with E-state index in [0.29, 0.717) is 35.3 Å². The molecule has 4 rings (SSSR count). The van der Waals surface area contributed by atoms with Crippen LogP contribution in [-0.4, -0.2) is 26.6 Å². The summed E-state index contributed by atoms with van der Waals surface area (Å²) in [4.78, 5) is 27.8. The highest BCUT2D eigenvalue weighted by atomic mass is 16.5. The number of hydrogen-bond donors (Lipinski definition) is 2. The number of nitrogens with zero attached hydrogens (tertiary/aromatic N) is 2. The molecular formula is C22H22N4O3. The van der Waals surface area contributed by atoms with E-state index < -0.39 is 0 Å². The third-order valence-corrected chi connectivity index (χ3v) is 4.65. The van der Waals surface area contributed by atoms with Crippen LogP contribution in [0.4, 0.5) is 0 Å². The van der Waals surface area contributed by atoms with Gasteiger partial charge in [-0.25, -0.2) is 4.52 Å². The van der Waals surface area contributed by atoms with Gasteiger partial charge in [0.05, 0.1) is 29.8 Å². The number of rotatable bonds is 6. The molecule has 148 valence electrons. The van der Waals surface area contributed by atoms with E-state index in [1.165, 1.54) is 6.20 Å². The molecule has 29 heavy (non-hydrogen) atoms. The minimum Gasteiger partial charge on any atom is -0.374 e. The number of hydrogen-bond acceptors (Lipinski definition) is 4. The molecule has 0 aliphatic heterocycles. The lowest BCUT2D eigenvalue weighted by Gasteiger charge is -2.09. The van der Waals surface area contributed by atoms with Crippen molar-refractivity contribution < 1.29 is 9.53 Å². The fraction of sp³-hybridized carbons (Fsp3) is 0.227. The Bertz CT molecular complexity index is 1240. The van der Waals surface area contributed by atoms with Gasteiger partial charge in [0.25, 0.3) is 11.5 Å². The van der Waals surface area contributed by atoms with Crippen LogP contribution < -0.4 is 10.9 Å². The SMILES string of the molecule is CC(C)OCc1cccc(CNC(=O)c2cnn3c2[nH]c(=O)c2ccccc23)c1. The number of H-pyrrole nitrogens is 1. The Morgan fingerprint density at radius 2 is 1.97 bits per heavy atom. The summed E-state index contributed by atoms with van der Waals surface area (Å²) in [5, 5.41) is 7.71. The number of ether oxygens (including phenoxy) is 1. The second-order valence-corrected chi connectivity index (χ2v) is 7.15. The Balaban J connectivity index is 1.54. The van der Waals surface area contributed by atoms with E-state index in [4.69, 9.17) is 4.74 Å². The van der Waals surface area contributed by atoms with Crippen LogP contribution in [-0.2, 0) is 17.9 Å². The zero-order valence-electron chi connectivity index (χ0n) is 16.3. The summed E-state index contributed by atoms with van der Waals surface area (Å²) in [7, 11) is 0. The molecule has 2 aromatic carbocycles. The van der Waals surface area contributed by atoms with Crippen molar-refractivity contribution >= 4 is 22.5 Å². The summed E-state index contributed by atoms with van der Waals surface area (Å²) in [6, 6.07) is 15.1. The second-order valence-electron chi connectivity index (χ2n) is 7.15. The van der Waals surface area contributed by atoms with Crippen LogP contribution in [0.3, 0.4) is 0 Å². The number of aromatic nitrogens is 3. The normalized spacial score (nSPS) is 11.4. The molecule has 4 aromatic rings. The molecule has 7 nitrogen and oxygen atoms in total. The van der Waals surface area contributed by atoms with E-state index in [0.717, 1.165) is 11.1 Å². The number of aromatic amines is 1. The maximum Gasteiger partial charge on any atom is 0.259 e. The van der Waals surface area contributed by atoms with Crippen LogP contribution in [0.1, 0.15) is 35.3 Å². The lowest BCUT2D eigenvalue weighted by atomic mass is 10.1. The number of benzene rings is 2. The van der Waals surface area contributed by atoms with Gasteiger partial charge in [-0.05, 0) is 37.1 Å². The third kappa shape index (κ3) is 3.90. The molecule has 0 radical (unpaired) electrons. The van der Waals surface area contributed by atoms with Gasteiger partial charge in [0, 0.05) is 6.54 Å². The van der Waals surface area contributed by atoms with E-state index in [-0.39, 0.29) is 17.6 Å². The minimum atomic E-state index is -0.297. The molecular weight excluding hydrogens is 368 g/mol. The van der Waals surface area contributed by atoms with E-state index in [1.807, 2.05) is 44.2 Å². The minimum absolute atomic E-state index is 0.159. The van der Waals surface area contributed by atoms with Gasteiger partial charge < -0.3 is 15.0 Å². The summed E-state index contributed by atoms with van der Waals surface area (Å²) < 4.78 is 7.21. The van der Waals surface area contributed by atoms with E-state index in [1.54, 1.807) is 22.7 Å². The first-order valence-corrected chi connectivity index (χ1v) is 9.49. The molecule has 0 atom stereocenters. The number of fused-ring (bicyclic) bond motifs is 3. The molecule has 0 unspecified atom stereocenters. The van der Waals surface area contributed by atoms with Crippen LogP contribution in [0, 0.1) is 0 Å². The van der Waals surface area contributed by atoms with Crippen molar-refractivity contribution in [3.8, 4) is 0 Å². The monoisotopic (exact) mass is 390 g/mol. The summed E-state index contributed by atoms with van der Waals surface area (Å²) in [6.45, 7) is 4.88. The fourth-order valence-corrected chi connectivity index (χ4v) is 3.21. The molecule has 0 aliphatic rings. The van der Waals surface area contributed by atoms with Crippen LogP contribution in [0.25, 0.3) is 16.6 Å². The van der Waals surface area contributed by atoms with Crippen molar-refractivity contribution in [2.75, 3.05) is 0 Å². The van der Waals surface area contributed by atoms with Gasteiger partial charge >= 0.3 is 0 Å². The Morgan fingerprint density at radius 3 is 2.79 bits per heavy atom. The predicted octanol–water partition coefficient (Wildman–Crippen LogP) is 3.03. The van der Waals surface area contributed by atoms with Crippen molar-refractivity contribution in [2.45, 2.75) is 33.1 Å². The summed E-state index contributed by atoms with van der Waals surface area (Å²) in [5.74, 6) is -0.297. The van der Waals surface area contributed by atoms with Gasteiger partial charge in [0.15, 0.2) is 0 Å². The largest absolute Gasteiger partial charge is 0.374 e. The van der Waals surface area contributed by atoms with Crippen LogP contribution in [0.2, 0.25) is 0 Å². The highest BCUT2D eigenvalue weighted by Gasteiger charge is 2.16. The topological polar surface area (TPSA) is 88.5 Å². The number of nitrogens with one attached hydrogen (secondary N) is 2. The number of amides is 1. The zero-order chi connectivity index (χ0) is 20.4. The number of carbonyl (C=O) groups excluding carboxylic acids is 1. The van der Waals surface area contributed by atoms with Gasteiger partial charge in [-0.15, -0.1) is 0 Å². The highest BCUT2D eigenvalue weighted by Crippen LogP contribution is 2.14. The summed E-state index contributed by atoms with van der Waals surface area (Å²) in [6.07, 6.45) is 1.63. The molecule has 7 heteroatoms. The van der Waals surface area contributed by atoms with Gasteiger partial charge in [-0.3, -0.25) is 9.59 Å². The maximum absolute atomic E-state index is 12.7. The van der Waals surface area contributed by atoms with Crippen molar-refractivity contribution in [2.24, 2.45) is 0 Å². The average Bonchev–Trinajstić information content (AvgIpc) is 3.15. The quantitative estimate of drug-likeness (QED) is 0.530. The third-order valence-electron chi connectivity index (χ3n) is 4.65. The Labute approximate surface area is 167 Å². The Kier molecular flexibility index (Phi) is 5.14. The Hall–Kier alpha value is -3.45. The molecule has 0 aliphatic carbocycles. The van der Waals surface area contributed by atoms with Crippen molar-refractivity contribution in [1.82, 2.24) is 19.9 Å². The number of para-hydroxylation sites is 1. The van der Waals surface area contributed by atoms with E-state index in [2.05, 4.69) is 15.4 Å².